The van der Waals surface area contributed by atoms with E-state index in [1.54, 1.807) is 60.7 Å². The molecule has 1 saturated carbocycles. The topological polar surface area (TPSA) is 107 Å². The van der Waals surface area contributed by atoms with Crippen LogP contribution >= 0.6 is 43.5 Å². The number of aromatic hydroxyl groups is 1. The summed E-state index contributed by atoms with van der Waals surface area (Å²) >= 11 is 13.3. The molecule has 3 fully saturated rings. The Morgan fingerprint density at radius 3 is 2.20 bits per heavy atom. The molecule has 4 aliphatic rings. The second-order valence-corrected chi connectivity index (χ2v) is 15.3. The molecule has 2 aliphatic carbocycles. The maximum absolute atomic E-state index is 15.2. The highest BCUT2D eigenvalue weighted by Crippen LogP contribution is 2.65. The van der Waals surface area contributed by atoms with Crippen LogP contribution in [0.2, 0.25) is 5.02 Å². The average molecular weight is 820 g/mol. The number of allylic oxidation sites excluding steroid dienone is 2. The van der Waals surface area contributed by atoms with Crippen molar-refractivity contribution in [1.82, 2.24) is 5.01 Å². The number of anilines is 2. The molecule has 8 nitrogen and oxygen atoms in total. The van der Waals surface area contributed by atoms with Crippen LogP contribution in [0.3, 0.4) is 0 Å². The van der Waals surface area contributed by atoms with Crippen molar-refractivity contribution in [3.05, 3.63) is 134 Å². The van der Waals surface area contributed by atoms with Gasteiger partial charge in [0.1, 0.15) is 11.6 Å². The molecule has 4 aromatic rings. The van der Waals surface area contributed by atoms with Crippen LogP contribution in [0.4, 0.5) is 15.8 Å². The summed E-state index contributed by atoms with van der Waals surface area (Å²) in [6.45, 7) is 0. The van der Waals surface area contributed by atoms with E-state index in [4.69, 9.17) is 11.6 Å². The van der Waals surface area contributed by atoms with Gasteiger partial charge >= 0.3 is 0 Å². The highest BCUT2D eigenvalue weighted by molar-refractivity contribution is 9.10. The Kier molecular flexibility index (Phi) is 8.00. The minimum absolute atomic E-state index is 0.0836. The van der Waals surface area contributed by atoms with Crippen molar-refractivity contribution < 1.29 is 28.7 Å². The summed E-state index contributed by atoms with van der Waals surface area (Å²) in [5.74, 6) is -6.41. The number of hydrogen-bond acceptors (Lipinski definition) is 6. The van der Waals surface area contributed by atoms with Crippen LogP contribution in [0.25, 0.3) is 0 Å². The molecule has 0 aromatic heterocycles. The number of rotatable bonds is 5. The molecule has 0 radical (unpaired) electrons. The van der Waals surface area contributed by atoms with Crippen LogP contribution in [-0.2, 0) is 24.6 Å². The zero-order chi connectivity index (χ0) is 35.1. The monoisotopic (exact) mass is 817 g/mol. The van der Waals surface area contributed by atoms with Crippen molar-refractivity contribution in [2.75, 3.05) is 10.3 Å². The summed E-state index contributed by atoms with van der Waals surface area (Å²) in [6.07, 6.45) is 2.25. The van der Waals surface area contributed by atoms with Crippen molar-refractivity contribution in [2.45, 2.75) is 24.2 Å². The third-order valence-electron chi connectivity index (χ3n) is 10.6. The lowest BCUT2D eigenvalue weighted by Gasteiger charge is -2.50. The van der Waals surface area contributed by atoms with E-state index in [0.717, 1.165) is 9.48 Å². The van der Waals surface area contributed by atoms with Gasteiger partial charge < -0.3 is 5.11 Å². The lowest BCUT2D eigenvalue weighted by atomic mass is 9.49. The fourth-order valence-corrected chi connectivity index (χ4v) is 9.37. The second-order valence-electron chi connectivity index (χ2n) is 13.1. The maximum Gasteiger partial charge on any atom is 0.260 e. The molecule has 2 N–H and O–H groups in total. The zero-order valence-corrected chi connectivity index (χ0v) is 30.0. The second kappa shape index (κ2) is 12.2. The van der Waals surface area contributed by atoms with Gasteiger partial charge in [-0.2, -0.15) is 5.01 Å². The van der Waals surface area contributed by atoms with E-state index in [-0.39, 0.29) is 30.4 Å². The van der Waals surface area contributed by atoms with Gasteiger partial charge in [0.15, 0.2) is 0 Å². The highest BCUT2D eigenvalue weighted by Gasteiger charge is 2.70. The summed E-state index contributed by atoms with van der Waals surface area (Å²) in [6, 6.07) is 23.9. The first-order valence-corrected chi connectivity index (χ1v) is 18.0. The number of amides is 4. The first-order valence-electron chi connectivity index (χ1n) is 16.0. The van der Waals surface area contributed by atoms with Gasteiger partial charge in [0.05, 0.1) is 34.5 Å². The molecule has 2 aliphatic heterocycles. The Morgan fingerprint density at radius 1 is 0.820 bits per heavy atom. The van der Waals surface area contributed by atoms with E-state index >= 15 is 4.79 Å². The Hall–Kier alpha value is -4.32. The number of halogens is 4. The van der Waals surface area contributed by atoms with Crippen LogP contribution < -0.4 is 10.3 Å². The largest absolute Gasteiger partial charge is 0.508 e. The number of fused-ring (bicyclic) bond motifs is 4. The lowest BCUT2D eigenvalue weighted by Crippen LogP contribution is -2.53. The molecule has 0 spiro atoms. The normalized spacial score (nSPS) is 27.2. The fraction of sp³-hybridized carbons (Fsp3) is 0.211. The minimum Gasteiger partial charge on any atom is -0.508 e. The van der Waals surface area contributed by atoms with E-state index in [2.05, 4.69) is 37.3 Å². The van der Waals surface area contributed by atoms with Crippen molar-refractivity contribution in [2.24, 2.45) is 23.7 Å². The molecule has 4 amide bonds. The van der Waals surface area contributed by atoms with Crippen molar-refractivity contribution in [3.63, 3.8) is 0 Å². The Balaban J connectivity index is 1.33. The van der Waals surface area contributed by atoms with Crippen LogP contribution in [0.5, 0.6) is 5.75 Å². The van der Waals surface area contributed by atoms with E-state index in [9.17, 15) is 23.9 Å². The standard InChI is InChI=1S/C38H27Br2ClFN3O5/c39-20-3-12-25(13-4-20)44-34(47)27-15-14-26-28(32(27)36(44)49)18-30-35(48)45(43-24-10-8-23(42)9-11-24)37(50)38(30,19-1-6-22(41)7-2-19)33(26)29-17-21(40)5-16-31(29)46/h1-14,16-17,27-28,30,32-33,43,46H,15,18H2/t27-,28+,30-,32-,33+,38+/m0/s1. The Morgan fingerprint density at radius 2 is 1.50 bits per heavy atom. The van der Waals surface area contributed by atoms with E-state index in [1.807, 2.05) is 6.08 Å². The molecule has 6 atom stereocenters. The molecule has 50 heavy (non-hydrogen) atoms. The number of benzene rings is 4. The van der Waals surface area contributed by atoms with Gasteiger partial charge in [-0.05, 0) is 103 Å². The number of phenols is 1. The van der Waals surface area contributed by atoms with Crippen molar-refractivity contribution >= 4 is 78.5 Å². The van der Waals surface area contributed by atoms with Crippen LogP contribution in [0, 0.1) is 29.5 Å². The number of imide groups is 2. The van der Waals surface area contributed by atoms with Gasteiger partial charge in [-0.1, -0.05) is 67.2 Å². The van der Waals surface area contributed by atoms with Gasteiger partial charge in [0.2, 0.25) is 11.8 Å². The van der Waals surface area contributed by atoms with Gasteiger partial charge in [-0.25, -0.2) is 4.39 Å². The van der Waals surface area contributed by atoms with Crippen molar-refractivity contribution in [3.8, 4) is 5.75 Å². The molecule has 4 aromatic carbocycles. The predicted octanol–water partition coefficient (Wildman–Crippen LogP) is 7.90. The zero-order valence-electron chi connectivity index (χ0n) is 26.0. The number of nitrogens with one attached hydrogen (secondary N) is 1. The molecular formula is C38H27Br2ClFN3O5. The van der Waals surface area contributed by atoms with Gasteiger partial charge in [-0.15, -0.1) is 0 Å². The summed E-state index contributed by atoms with van der Waals surface area (Å²) in [7, 11) is 0. The molecule has 252 valence electrons. The third kappa shape index (κ3) is 4.88. The first kappa shape index (κ1) is 32.9. The molecule has 2 heterocycles. The molecule has 12 heteroatoms. The highest BCUT2D eigenvalue weighted by atomic mass is 79.9. The van der Waals surface area contributed by atoms with Gasteiger partial charge in [0, 0.05) is 25.4 Å². The summed E-state index contributed by atoms with van der Waals surface area (Å²) in [5.41, 5.74) is 3.69. The number of phenolic OH excluding ortho intramolecular Hbond substituents is 1. The summed E-state index contributed by atoms with van der Waals surface area (Å²) in [4.78, 5) is 59.5. The number of carbonyl (C=O) groups excluding carboxylic acids is 4. The fourth-order valence-electron chi connectivity index (χ4n) is 8.60. The molecule has 8 rings (SSSR count). The van der Waals surface area contributed by atoms with Gasteiger partial charge in [0.25, 0.3) is 11.8 Å². The van der Waals surface area contributed by atoms with Crippen LogP contribution in [0.15, 0.2) is 112 Å². The third-order valence-corrected chi connectivity index (χ3v) is 11.9. The molecule has 0 unspecified atom stereocenters. The van der Waals surface area contributed by atoms with E-state index in [0.29, 0.717) is 37.6 Å². The predicted molar refractivity (Wildman–Crippen MR) is 191 cm³/mol. The Bertz CT molecular complexity index is 2130. The van der Waals surface area contributed by atoms with Gasteiger partial charge in [-0.3, -0.25) is 29.5 Å². The number of nitrogens with zero attached hydrogens (tertiary/aromatic N) is 2. The summed E-state index contributed by atoms with van der Waals surface area (Å²) in [5, 5.41) is 12.9. The van der Waals surface area contributed by atoms with Crippen LogP contribution in [-0.4, -0.2) is 33.7 Å². The minimum atomic E-state index is -1.60. The number of carbonyl (C=O) groups is 4. The van der Waals surface area contributed by atoms with E-state index in [1.165, 1.54) is 35.2 Å². The lowest BCUT2D eigenvalue weighted by molar-refractivity contribution is -0.138. The SMILES string of the molecule is O=C1[C@@H]2C[C@@H]3C(=CC[C@@H]4C(=O)N(c5ccc(Br)cc5)C(=O)[C@@H]43)[C@H](c3cc(Br)ccc3O)[C@]2(c2ccc(Cl)cc2)C(=O)N1Nc1ccc(F)cc1. The van der Waals surface area contributed by atoms with Crippen molar-refractivity contribution in [1.29, 1.82) is 0 Å². The molecule has 0 bridgehead atoms. The molecule has 2 saturated heterocycles. The average Bonchev–Trinajstić information content (AvgIpc) is 3.48. The van der Waals surface area contributed by atoms with E-state index < -0.39 is 52.6 Å². The first-order chi connectivity index (χ1) is 24.0. The quantitative estimate of drug-likeness (QED) is 0.157. The maximum atomic E-state index is 15.2. The molecular weight excluding hydrogens is 793 g/mol. The Labute approximate surface area is 308 Å². The summed E-state index contributed by atoms with van der Waals surface area (Å²) < 4.78 is 15.3. The number of hydrazine groups is 1. The smallest absolute Gasteiger partial charge is 0.260 e. The number of hydrogen-bond donors (Lipinski definition) is 2. The van der Waals surface area contributed by atoms with Crippen LogP contribution in [0.1, 0.15) is 29.9 Å².